The van der Waals surface area contributed by atoms with E-state index in [9.17, 15) is 0 Å². The molecule has 1 saturated carbocycles. The molecule has 0 unspecified atom stereocenters. The third kappa shape index (κ3) is 2.25. The molecule has 13 heavy (non-hydrogen) atoms. The van der Waals surface area contributed by atoms with Crippen LogP contribution in [0, 0.1) is 11.3 Å². The van der Waals surface area contributed by atoms with Crippen molar-refractivity contribution in [3.8, 4) is 0 Å². The molecule has 1 heteroatoms. The highest BCUT2D eigenvalue weighted by Crippen LogP contribution is 2.46. The highest BCUT2D eigenvalue weighted by atomic mass is 14.9. The summed E-state index contributed by atoms with van der Waals surface area (Å²) in [5.41, 5.74) is 0.619. The molecule has 0 spiro atoms. The summed E-state index contributed by atoms with van der Waals surface area (Å²) in [5, 5.41) is 3.54. The first-order chi connectivity index (χ1) is 6.29. The van der Waals surface area contributed by atoms with Crippen LogP contribution in [0.1, 0.15) is 52.9 Å². The van der Waals surface area contributed by atoms with Gasteiger partial charge in [0.2, 0.25) is 0 Å². The van der Waals surface area contributed by atoms with Crippen molar-refractivity contribution >= 4 is 0 Å². The minimum atomic E-state index is 0.619. The van der Waals surface area contributed by atoms with Gasteiger partial charge in [0.05, 0.1) is 0 Å². The van der Waals surface area contributed by atoms with Crippen LogP contribution in [0.3, 0.4) is 0 Å². The second kappa shape index (κ2) is 4.99. The van der Waals surface area contributed by atoms with Crippen LogP contribution in [-0.2, 0) is 0 Å². The Bertz CT molecular complexity index is 134. The summed E-state index contributed by atoms with van der Waals surface area (Å²) in [7, 11) is 0. The molecule has 0 radical (unpaired) electrons. The Balaban J connectivity index is 2.49. The molecule has 0 saturated heterocycles. The van der Waals surface area contributed by atoms with Crippen molar-refractivity contribution in [2.75, 3.05) is 13.1 Å². The van der Waals surface area contributed by atoms with Crippen molar-refractivity contribution in [1.82, 2.24) is 5.32 Å². The molecule has 0 bridgehead atoms. The zero-order chi connectivity index (χ0) is 9.73. The van der Waals surface area contributed by atoms with Gasteiger partial charge in [-0.1, -0.05) is 27.2 Å². The lowest BCUT2D eigenvalue weighted by Gasteiger charge is -2.45. The first kappa shape index (κ1) is 11.0. The lowest BCUT2D eigenvalue weighted by Crippen LogP contribution is -2.42. The van der Waals surface area contributed by atoms with Crippen molar-refractivity contribution < 1.29 is 0 Å². The molecule has 0 amide bonds. The smallest absolute Gasteiger partial charge is 0.00101 e. The maximum absolute atomic E-state index is 3.54. The molecule has 0 aromatic carbocycles. The first-order valence-electron chi connectivity index (χ1n) is 5.99. The average molecular weight is 183 g/mol. The Kier molecular flexibility index (Phi) is 4.24. The molecule has 1 rings (SSSR count). The van der Waals surface area contributed by atoms with Crippen LogP contribution in [0.25, 0.3) is 0 Å². The van der Waals surface area contributed by atoms with Gasteiger partial charge in [0.25, 0.3) is 0 Å². The molecule has 1 aliphatic rings. The molecule has 1 aliphatic carbocycles. The highest BCUT2D eigenvalue weighted by Gasteiger charge is 2.38. The Morgan fingerprint density at radius 3 is 2.08 bits per heavy atom. The molecule has 0 atom stereocenters. The molecule has 0 aromatic heterocycles. The van der Waals surface area contributed by atoms with E-state index in [0.717, 1.165) is 12.5 Å². The topological polar surface area (TPSA) is 12.0 Å². The van der Waals surface area contributed by atoms with Crippen LogP contribution < -0.4 is 5.32 Å². The second-order valence-corrected chi connectivity index (χ2v) is 4.48. The lowest BCUT2D eigenvalue weighted by molar-refractivity contribution is 0.0719. The minimum absolute atomic E-state index is 0.619. The predicted octanol–water partition coefficient (Wildman–Crippen LogP) is 3.20. The summed E-state index contributed by atoms with van der Waals surface area (Å²) >= 11 is 0. The van der Waals surface area contributed by atoms with Gasteiger partial charge in [-0.3, -0.25) is 0 Å². The van der Waals surface area contributed by atoms with E-state index in [1.54, 1.807) is 0 Å². The van der Waals surface area contributed by atoms with Crippen molar-refractivity contribution in [2.24, 2.45) is 11.3 Å². The summed E-state index contributed by atoms with van der Waals surface area (Å²) in [6.07, 6.45) is 7.13. The van der Waals surface area contributed by atoms with Gasteiger partial charge in [-0.05, 0) is 43.6 Å². The largest absolute Gasteiger partial charge is 0.316 e. The molecule has 0 heterocycles. The molecule has 1 N–H and O–H groups in total. The van der Waals surface area contributed by atoms with E-state index >= 15 is 0 Å². The zero-order valence-electron chi connectivity index (χ0n) is 9.53. The van der Waals surface area contributed by atoms with Gasteiger partial charge in [-0.15, -0.1) is 0 Å². The maximum Gasteiger partial charge on any atom is 0.00101 e. The van der Waals surface area contributed by atoms with Gasteiger partial charge >= 0.3 is 0 Å². The van der Waals surface area contributed by atoms with E-state index in [1.807, 2.05) is 0 Å². The van der Waals surface area contributed by atoms with E-state index in [0.29, 0.717) is 5.41 Å². The van der Waals surface area contributed by atoms with E-state index in [4.69, 9.17) is 0 Å². The number of hydrogen-bond acceptors (Lipinski definition) is 1. The van der Waals surface area contributed by atoms with Crippen LogP contribution in [0.15, 0.2) is 0 Å². The van der Waals surface area contributed by atoms with Gasteiger partial charge in [-0.2, -0.15) is 0 Å². The Morgan fingerprint density at radius 2 is 1.77 bits per heavy atom. The van der Waals surface area contributed by atoms with E-state index < -0.39 is 0 Å². The van der Waals surface area contributed by atoms with Crippen LogP contribution in [-0.4, -0.2) is 13.1 Å². The Hall–Kier alpha value is -0.0400. The van der Waals surface area contributed by atoms with Gasteiger partial charge in [-0.25, -0.2) is 0 Å². The summed E-state index contributed by atoms with van der Waals surface area (Å²) in [6.45, 7) is 9.28. The van der Waals surface area contributed by atoms with Gasteiger partial charge in [0.1, 0.15) is 0 Å². The third-order valence-corrected chi connectivity index (χ3v) is 4.11. The molecule has 0 aliphatic heterocycles. The van der Waals surface area contributed by atoms with E-state index in [-0.39, 0.29) is 0 Å². The number of nitrogens with one attached hydrogen (secondary N) is 1. The minimum Gasteiger partial charge on any atom is -0.316 e. The lowest BCUT2D eigenvalue weighted by atomic mass is 9.62. The van der Waals surface area contributed by atoms with Crippen molar-refractivity contribution in [1.29, 1.82) is 0 Å². The standard InChI is InChI=1S/C12H25N/c1-4-12(5-2,10-13-6-3)11-8-7-9-11/h11,13H,4-10H2,1-3H3. The number of hydrogen-bond donors (Lipinski definition) is 1. The van der Waals surface area contributed by atoms with Crippen molar-refractivity contribution in [2.45, 2.75) is 52.9 Å². The van der Waals surface area contributed by atoms with E-state index in [2.05, 4.69) is 26.1 Å². The number of rotatable bonds is 6. The fourth-order valence-corrected chi connectivity index (χ4v) is 2.62. The summed E-state index contributed by atoms with van der Waals surface area (Å²) in [4.78, 5) is 0. The summed E-state index contributed by atoms with van der Waals surface area (Å²) in [6, 6.07) is 0. The fourth-order valence-electron chi connectivity index (χ4n) is 2.62. The maximum atomic E-state index is 3.54. The second-order valence-electron chi connectivity index (χ2n) is 4.48. The van der Waals surface area contributed by atoms with E-state index in [1.165, 1.54) is 38.6 Å². The molecular weight excluding hydrogens is 158 g/mol. The fraction of sp³-hybridized carbons (Fsp3) is 1.00. The molecule has 1 nitrogen and oxygen atoms in total. The Morgan fingerprint density at radius 1 is 1.15 bits per heavy atom. The normalized spacial score (nSPS) is 18.7. The predicted molar refractivity (Wildman–Crippen MR) is 58.9 cm³/mol. The summed E-state index contributed by atoms with van der Waals surface area (Å²) in [5.74, 6) is 1.02. The first-order valence-corrected chi connectivity index (χ1v) is 5.99. The SMILES string of the molecule is CCNCC(CC)(CC)C1CCC1. The van der Waals surface area contributed by atoms with Crippen LogP contribution in [0.5, 0.6) is 0 Å². The van der Waals surface area contributed by atoms with Crippen molar-refractivity contribution in [3.63, 3.8) is 0 Å². The monoisotopic (exact) mass is 183 g/mol. The Labute approximate surface area is 83.3 Å². The third-order valence-electron chi connectivity index (χ3n) is 4.11. The van der Waals surface area contributed by atoms with Crippen LogP contribution in [0.2, 0.25) is 0 Å². The highest BCUT2D eigenvalue weighted by molar-refractivity contribution is 4.90. The van der Waals surface area contributed by atoms with Crippen molar-refractivity contribution in [3.05, 3.63) is 0 Å². The van der Waals surface area contributed by atoms with Gasteiger partial charge < -0.3 is 5.32 Å². The van der Waals surface area contributed by atoms with Crippen LogP contribution >= 0.6 is 0 Å². The summed E-state index contributed by atoms with van der Waals surface area (Å²) < 4.78 is 0. The zero-order valence-corrected chi connectivity index (χ0v) is 9.53. The molecular formula is C12H25N. The average Bonchev–Trinajstić information content (AvgIpc) is 2.09. The van der Waals surface area contributed by atoms with Crippen LogP contribution in [0.4, 0.5) is 0 Å². The molecule has 78 valence electrons. The quantitative estimate of drug-likeness (QED) is 0.667. The van der Waals surface area contributed by atoms with Gasteiger partial charge in [0, 0.05) is 6.54 Å². The van der Waals surface area contributed by atoms with Gasteiger partial charge in [0.15, 0.2) is 0 Å². The molecule has 0 aromatic rings. The molecule has 1 fully saturated rings.